The van der Waals surface area contributed by atoms with Gasteiger partial charge in [-0.15, -0.1) is 0 Å². The minimum atomic E-state index is -1.05. The number of carbonyl (C=O) groups is 1. The first-order valence-corrected chi connectivity index (χ1v) is 3.52. The molecule has 1 N–H and O–H groups in total. The van der Waals surface area contributed by atoms with E-state index in [1.165, 1.54) is 0 Å². The maximum absolute atomic E-state index is 10.5. The average molecular weight is 166 g/mol. The first-order chi connectivity index (χ1) is 5.52. The minimum Gasteiger partial charge on any atom is -0.478 e. The number of carboxylic acids is 1. The van der Waals surface area contributed by atoms with Crippen LogP contribution in [-0.2, 0) is 4.79 Å². The van der Waals surface area contributed by atoms with Crippen molar-refractivity contribution in [2.75, 3.05) is 0 Å². The smallest absolute Gasteiger partial charge is 0.338 e. The van der Waals surface area contributed by atoms with Gasteiger partial charge in [-0.2, -0.15) is 0 Å². The highest BCUT2D eigenvalue weighted by Gasteiger charge is 2.12. The number of carboxylic acid groups (broad SMARTS) is 1. The van der Waals surface area contributed by atoms with E-state index in [0.29, 0.717) is 5.76 Å². The molecule has 1 rings (SSSR count). The van der Waals surface area contributed by atoms with Crippen LogP contribution < -0.4 is 0 Å². The van der Waals surface area contributed by atoms with Gasteiger partial charge in [0.15, 0.2) is 0 Å². The molecule has 1 aromatic rings. The highest BCUT2D eigenvalue weighted by atomic mass is 16.4. The monoisotopic (exact) mass is 166 g/mol. The minimum absolute atomic E-state index is 0.00815. The Hall–Kier alpha value is -1.51. The van der Waals surface area contributed by atoms with Gasteiger partial charge in [0.2, 0.25) is 0 Å². The lowest BCUT2D eigenvalue weighted by Crippen LogP contribution is -1.95. The molecule has 0 aliphatic heterocycles. The van der Waals surface area contributed by atoms with Crippen molar-refractivity contribution in [3.05, 3.63) is 29.7 Å². The molecule has 0 aliphatic rings. The molecule has 0 aromatic carbocycles. The van der Waals surface area contributed by atoms with Gasteiger partial charge in [0, 0.05) is 0 Å². The van der Waals surface area contributed by atoms with Crippen LogP contribution in [-0.4, -0.2) is 11.1 Å². The summed E-state index contributed by atoms with van der Waals surface area (Å²) in [7, 11) is 0. The fourth-order valence-electron chi connectivity index (χ4n) is 0.827. The normalized spacial score (nSPS) is 9.83. The molecule has 64 valence electrons. The van der Waals surface area contributed by atoms with Crippen LogP contribution in [0.4, 0.5) is 0 Å². The molecular weight excluding hydrogens is 156 g/mol. The Kier molecular flexibility index (Phi) is 2.04. The van der Waals surface area contributed by atoms with E-state index in [1.54, 1.807) is 13.0 Å². The van der Waals surface area contributed by atoms with Crippen LogP contribution in [0.2, 0.25) is 0 Å². The Morgan fingerprint density at radius 3 is 2.50 bits per heavy atom. The van der Waals surface area contributed by atoms with Crippen molar-refractivity contribution in [3.63, 3.8) is 0 Å². The highest BCUT2D eigenvalue weighted by molar-refractivity contribution is 6.13. The zero-order valence-corrected chi connectivity index (χ0v) is 7.05. The summed E-state index contributed by atoms with van der Waals surface area (Å²) in [5.41, 5.74) is 0.929. The predicted octanol–water partition coefficient (Wildman–Crippen LogP) is 1.99. The van der Waals surface area contributed by atoms with Crippen molar-refractivity contribution < 1.29 is 14.3 Å². The van der Waals surface area contributed by atoms with E-state index < -0.39 is 5.97 Å². The lowest BCUT2D eigenvalue weighted by molar-refractivity contribution is -0.130. The quantitative estimate of drug-likeness (QED) is 0.683. The first-order valence-electron chi connectivity index (χ1n) is 3.52. The second-order valence-electron chi connectivity index (χ2n) is 2.63. The second kappa shape index (κ2) is 2.85. The first kappa shape index (κ1) is 8.59. The maximum Gasteiger partial charge on any atom is 0.338 e. The third kappa shape index (κ3) is 1.39. The second-order valence-corrected chi connectivity index (χ2v) is 2.63. The zero-order chi connectivity index (χ0) is 9.30. The summed E-state index contributed by atoms with van der Waals surface area (Å²) in [6.45, 7) is 7.03. The largest absolute Gasteiger partial charge is 0.478 e. The van der Waals surface area contributed by atoms with Crippen molar-refractivity contribution in [1.82, 2.24) is 0 Å². The van der Waals surface area contributed by atoms with E-state index >= 15 is 0 Å². The molecule has 0 fully saturated rings. The van der Waals surface area contributed by atoms with Gasteiger partial charge in [0.05, 0.1) is 5.57 Å². The summed E-state index contributed by atoms with van der Waals surface area (Å²) < 4.78 is 5.16. The van der Waals surface area contributed by atoms with Crippen LogP contribution in [0.1, 0.15) is 17.1 Å². The number of hydrogen-bond donors (Lipinski definition) is 1. The van der Waals surface area contributed by atoms with Crippen molar-refractivity contribution in [1.29, 1.82) is 0 Å². The van der Waals surface area contributed by atoms with E-state index in [0.717, 1.165) is 11.3 Å². The van der Waals surface area contributed by atoms with E-state index in [9.17, 15) is 4.79 Å². The molecule has 0 spiro atoms. The molecule has 0 saturated carbocycles. The van der Waals surface area contributed by atoms with Gasteiger partial charge >= 0.3 is 5.97 Å². The summed E-state index contributed by atoms with van der Waals surface area (Å²) in [5.74, 6) is 0.00801. The van der Waals surface area contributed by atoms with E-state index in [4.69, 9.17) is 9.52 Å². The van der Waals surface area contributed by atoms with Gasteiger partial charge in [-0.1, -0.05) is 6.58 Å². The van der Waals surface area contributed by atoms with Gasteiger partial charge in [-0.25, -0.2) is 4.79 Å². The predicted molar refractivity (Wildman–Crippen MR) is 44.9 cm³/mol. The highest BCUT2D eigenvalue weighted by Crippen LogP contribution is 2.19. The molecule has 0 amide bonds. The van der Waals surface area contributed by atoms with Crippen LogP contribution in [0.5, 0.6) is 0 Å². The maximum atomic E-state index is 10.5. The van der Waals surface area contributed by atoms with E-state index in [2.05, 4.69) is 6.58 Å². The Balaban J connectivity index is 3.05. The Morgan fingerprint density at radius 1 is 1.58 bits per heavy atom. The lowest BCUT2D eigenvalue weighted by atomic mass is 10.2. The topological polar surface area (TPSA) is 50.4 Å². The summed E-state index contributed by atoms with van der Waals surface area (Å²) in [6.07, 6.45) is 0. The van der Waals surface area contributed by atoms with Gasteiger partial charge in [-0.05, 0) is 25.5 Å². The molecule has 0 bridgehead atoms. The molecule has 3 heteroatoms. The van der Waals surface area contributed by atoms with Crippen molar-refractivity contribution >= 4 is 11.5 Å². The van der Waals surface area contributed by atoms with Crippen LogP contribution >= 0.6 is 0 Å². The van der Waals surface area contributed by atoms with Gasteiger partial charge in [-0.3, -0.25) is 0 Å². The molecule has 1 heterocycles. The van der Waals surface area contributed by atoms with Gasteiger partial charge in [0.1, 0.15) is 11.5 Å². The van der Waals surface area contributed by atoms with Gasteiger partial charge < -0.3 is 9.52 Å². The molecule has 3 nitrogen and oxygen atoms in total. The Labute approximate surface area is 70.3 Å². The molecular formula is C9H10O3. The van der Waals surface area contributed by atoms with Crippen LogP contribution in [0.15, 0.2) is 17.1 Å². The van der Waals surface area contributed by atoms with Crippen LogP contribution in [0.25, 0.3) is 5.57 Å². The number of aliphatic carboxylic acids is 1. The Morgan fingerprint density at radius 2 is 2.17 bits per heavy atom. The lowest BCUT2D eigenvalue weighted by Gasteiger charge is -1.92. The molecule has 12 heavy (non-hydrogen) atoms. The molecule has 0 saturated heterocycles. The Bertz CT molecular complexity index is 314. The molecule has 0 unspecified atom stereocenters. The zero-order valence-electron chi connectivity index (χ0n) is 7.05. The molecule has 0 radical (unpaired) electrons. The van der Waals surface area contributed by atoms with Crippen molar-refractivity contribution in [2.24, 2.45) is 0 Å². The van der Waals surface area contributed by atoms with E-state index in [1.807, 2.05) is 6.92 Å². The SMILES string of the molecule is C=C(C(=O)O)c1cc(C)c(C)o1. The molecule has 0 atom stereocenters. The number of rotatable bonds is 2. The molecule has 1 aromatic heterocycles. The standard InChI is InChI=1S/C9H10O3/c1-5-4-8(12-7(5)3)6(2)9(10)11/h4H,2H2,1,3H3,(H,10,11). The van der Waals surface area contributed by atoms with Crippen molar-refractivity contribution in [2.45, 2.75) is 13.8 Å². The molecule has 0 aliphatic carbocycles. The van der Waals surface area contributed by atoms with E-state index in [-0.39, 0.29) is 5.57 Å². The van der Waals surface area contributed by atoms with Crippen molar-refractivity contribution in [3.8, 4) is 0 Å². The number of furan rings is 1. The van der Waals surface area contributed by atoms with Crippen LogP contribution in [0, 0.1) is 13.8 Å². The number of aryl methyl sites for hydroxylation is 2. The summed E-state index contributed by atoms with van der Waals surface area (Å²) in [6, 6.07) is 1.67. The summed E-state index contributed by atoms with van der Waals surface area (Å²) >= 11 is 0. The number of hydrogen-bond acceptors (Lipinski definition) is 2. The summed E-state index contributed by atoms with van der Waals surface area (Å²) in [4.78, 5) is 10.5. The van der Waals surface area contributed by atoms with Crippen LogP contribution in [0.3, 0.4) is 0 Å². The summed E-state index contributed by atoms with van der Waals surface area (Å²) in [5, 5.41) is 8.58. The van der Waals surface area contributed by atoms with Gasteiger partial charge in [0.25, 0.3) is 0 Å². The third-order valence-electron chi connectivity index (χ3n) is 1.72. The third-order valence-corrected chi connectivity index (χ3v) is 1.72. The fraction of sp³-hybridized carbons (Fsp3) is 0.222. The average Bonchev–Trinajstić information content (AvgIpc) is 2.30. The fourth-order valence-corrected chi connectivity index (χ4v) is 0.827.